The van der Waals surface area contributed by atoms with Crippen molar-refractivity contribution in [2.24, 2.45) is 0 Å². The molecule has 0 radical (unpaired) electrons. The van der Waals surface area contributed by atoms with Crippen molar-refractivity contribution < 1.29 is 4.74 Å². The van der Waals surface area contributed by atoms with Crippen molar-refractivity contribution >= 4 is 21.7 Å². The van der Waals surface area contributed by atoms with Crippen LogP contribution < -0.4 is 4.74 Å². The lowest BCUT2D eigenvalue weighted by molar-refractivity contribution is 0.313. The lowest BCUT2D eigenvalue weighted by Gasteiger charge is -2.10. The Kier molecular flexibility index (Phi) is 3.96. The van der Waals surface area contributed by atoms with E-state index in [-0.39, 0.29) is 0 Å². The molecule has 0 saturated heterocycles. The van der Waals surface area contributed by atoms with Crippen LogP contribution in [-0.2, 0) is 0 Å². The van der Waals surface area contributed by atoms with Gasteiger partial charge in [-0.1, -0.05) is 61.9 Å². The number of unbranched alkanes of at least 4 members (excludes halogenated alkanes) is 1. The number of rotatable bonds is 5. The minimum absolute atomic E-state index is 0.760. The van der Waals surface area contributed by atoms with Crippen molar-refractivity contribution in [3.8, 4) is 16.9 Å². The zero-order chi connectivity index (χ0) is 16.4. The van der Waals surface area contributed by atoms with E-state index in [4.69, 9.17) is 4.74 Å². The summed E-state index contributed by atoms with van der Waals surface area (Å²) in [4.78, 5) is 3.40. The molecule has 0 bridgehead atoms. The molecule has 1 aromatic heterocycles. The SMILES string of the molecule is CCCCOc1cccc2[nH]cc(-c3cccc4ccccc34)c12. The van der Waals surface area contributed by atoms with E-state index in [0.717, 1.165) is 30.7 Å². The van der Waals surface area contributed by atoms with E-state index in [9.17, 15) is 0 Å². The molecule has 24 heavy (non-hydrogen) atoms. The summed E-state index contributed by atoms with van der Waals surface area (Å²) < 4.78 is 6.07. The van der Waals surface area contributed by atoms with Crippen molar-refractivity contribution in [3.05, 3.63) is 66.9 Å². The monoisotopic (exact) mass is 315 g/mol. The summed E-state index contributed by atoms with van der Waals surface area (Å²) in [5, 5.41) is 3.70. The topological polar surface area (TPSA) is 25.0 Å². The third-order valence-corrected chi connectivity index (χ3v) is 4.50. The van der Waals surface area contributed by atoms with Crippen molar-refractivity contribution in [2.75, 3.05) is 6.61 Å². The highest BCUT2D eigenvalue weighted by molar-refractivity contribution is 6.07. The molecule has 0 saturated carbocycles. The van der Waals surface area contributed by atoms with Gasteiger partial charge in [0.25, 0.3) is 0 Å². The second-order valence-corrected chi connectivity index (χ2v) is 6.11. The van der Waals surface area contributed by atoms with E-state index in [1.54, 1.807) is 0 Å². The second kappa shape index (κ2) is 6.40. The number of aromatic amines is 1. The molecule has 0 aliphatic rings. The van der Waals surface area contributed by atoms with Gasteiger partial charge in [-0.05, 0) is 34.9 Å². The average molecular weight is 315 g/mol. The number of benzene rings is 3. The molecule has 2 nitrogen and oxygen atoms in total. The first-order valence-corrected chi connectivity index (χ1v) is 8.59. The van der Waals surface area contributed by atoms with Crippen LogP contribution in [0.2, 0.25) is 0 Å². The molecule has 0 aliphatic heterocycles. The molecule has 4 rings (SSSR count). The molecular formula is C22H21NO. The molecule has 120 valence electrons. The Morgan fingerprint density at radius 1 is 0.875 bits per heavy atom. The van der Waals surface area contributed by atoms with Gasteiger partial charge in [0.1, 0.15) is 5.75 Å². The fourth-order valence-electron chi connectivity index (χ4n) is 3.27. The molecule has 1 heterocycles. The minimum Gasteiger partial charge on any atom is -0.493 e. The Balaban J connectivity index is 1.90. The van der Waals surface area contributed by atoms with Crippen LogP contribution in [0.4, 0.5) is 0 Å². The molecule has 0 amide bonds. The summed E-state index contributed by atoms with van der Waals surface area (Å²) in [7, 11) is 0. The van der Waals surface area contributed by atoms with Gasteiger partial charge in [-0.2, -0.15) is 0 Å². The maximum absolute atomic E-state index is 6.07. The summed E-state index contributed by atoms with van der Waals surface area (Å²) in [6.07, 6.45) is 4.31. The summed E-state index contributed by atoms with van der Waals surface area (Å²) in [6.45, 7) is 2.94. The predicted octanol–water partition coefficient (Wildman–Crippen LogP) is 6.17. The zero-order valence-corrected chi connectivity index (χ0v) is 13.9. The predicted molar refractivity (Wildman–Crippen MR) is 102 cm³/mol. The van der Waals surface area contributed by atoms with E-state index in [1.165, 1.54) is 27.3 Å². The molecular weight excluding hydrogens is 294 g/mol. The number of nitrogens with one attached hydrogen (secondary N) is 1. The van der Waals surface area contributed by atoms with Crippen molar-refractivity contribution in [1.82, 2.24) is 4.98 Å². The largest absolute Gasteiger partial charge is 0.493 e. The van der Waals surface area contributed by atoms with Gasteiger partial charge in [-0.15, -0.1) is 0 Å². The van der Waals surface area contributed by atoms with E-state index in [0.29, 0.717) is 0 Å². The van der Waals surface area contributed by atoms with Crippen LogP contribution in [0.1, 0.15) is 19.8 Å². The van der Waals surface area contributed by atoms with Crippen LogP contribution in [0.3, 0.4) is 0 Å². The van der Waals surface area contributed by atoms with Gasteiger partial charge in [-0.25, -0.2) is 0 Å². The van der Waals surface area contributed by atoms with Gasteiger partial charge in [0.15, 0.2) is 0 Å². The van der Waals surface area contributed by atoms with E-state index < -0.39 is 0 Å². The highest BCUT2D eigenvalue weighted by Gasteiger charge is 2.13. The Labute approximate surface area is 142 Å². The molecule has 4 aromatic rings. The third-order valence-electron chi connectivity index (χ3n) is 4.50. The number of ether oxygens (including phenoxy) is 1. The van der Waals surface area contributed by atoms with Gasteiger partial charge in [0, 0.05) is 22.7 Å². The highest BCUT2D eigenvalue weighted by atomic mass is 16.5. The fraction of sp³-hybridized carbons (Fsp3) is 0.182. The molecule has 0 unspecified atom stereocenters. The number of aromatic nitrogens is 1. The lowest BCUT2D eigenvalue weighted by Crippen LogP contribution is -1.96. The van der Waals surface area contributed by atoms with Crippen molar-refractivity contribution in [1.29, 1.82) is 0 Å². The van der Waals surface area contributed by atoms with Crippen LogP contribution in [0.5, 0.6) is 5.75 Å². The molecule has 0 fully saturated rings. The zero-order valence-electron chi connectivity index (χ0n) is 13.9. The average Bonchev–Trinajstić information content (AvgIpc) is 3.06. The molecule has 1 N–H and O–H groups in total. The van der Waals surface area contributed by atoms with Gasteiger partial charge >= 0.3 is 0 Å². The maximum Gasteiger partial charge on any atom is 0.129 e. The number of hydrogen-bond donors (Lipinski definition) is 1. The first-order chi connectivity index (χ1) is 11.9. The van der Waals surface area contributed by atoms with Crippen LogP contribution >= 0.6 is 0 Å². The summed E-state index contributed by atoms with van der Waals surface area (Å²) in [6, 6.07) is 21.2. The van der Waals surface area contributed by atoms with Gasteiger partial charge in [0.2, 0.25) is 0 Å². The Hall–Kier alpha value is -2.74. The molecule has 0 spiro atoms. The fourth-order valence-corrected chi connectivity index (χ4v) is 3.27. The van der Waals surface area contributed by atoms with Gasteiger partial charge in [-0.3, -0.25) is 0 Å². The van der Waals surface area contributed by atoms with Crippen LogP contribution in [-0.4, -0.2) is 11.6 Å². The first-order valence-electron chi connectivity index (χ1n) is 8.59. The second-order valence-electron chi connectivity index (χ2n) is 6.11. The van der Waals surface area contributed by atoms with Crippen LogP contribution in [0.25, 0.3) is 32.8 Å². The molecule has 2 heteroatoms. The quantitative estimate of drug-likeness (QED) is 0.438. The van der Waals surface area contributed by atoms with E-state index in [2.05, 4.69) is 72.7 Å². The summed E-state index contributed by atoms with van der Waals surface area (Å²) in [5.41, 5.74) is 3.56. The van der Waals surface area contributed by atoms with Gasteiger partial charge < -0.3 is 9.72 Å². The van der Waals surface area contributed by atoms with Gasteiger partial charge in [0.05, 0.1) is 6.61 Å². The van der Waals surface area contributed by atoms with Crippen LogP contribution in [0.15, 0.2) is 66.9 Å². The van der Waals surface area contributed by atoms with E-state index in [1.807, 2.05) is 6.07 Å². The van der Waals surface area contributed by atoms with Crippen LogP contribution in [0, 0.1) is 0 Å². The molecule has 0 atom stereocenters. The maximum atomic E-state index is 6.07. The first kappa shape index (κ1) is 14.8. The molecule has 0 aliphatic carbocycles. The summed E-state index contributed by atoms with van der Waals surface area (Å²) >= 11 is 0. The van der Waals surface area contributed by atoms with E-state index >= 15 is 0 Å². The third kappa shape index (κ3) is 2.54. The van der Waals surface area contributed by atoms with Crippen molar-refractivity contribution in [3.63, 3.8) is 0 Å². The normalized spacial score (nSPS) is 11.2. The van der Waals surface area contributed by atoms with Crippen molar-refractivity contribution in [2.45, 2.75) is 19.8 Å². The minimum atomic E-state index is 0.760. The highest BCUT2D eigenvalue weighted by Crippen LogP contribution is 2.38. The smallest absolute Gasteiger partial charge is 0.129 e. The number of hydrogen-bond acceptors (Lipinski definition) is 1. The number of fused-ring (bicyclic) bond motifs is 2. The number of H-pyrrole nitrogens is 1. The summed E-state index contributed by atoms with van der Waals surface area (Å²) in [5.74, 6) is 0.963. The Morgan fingerprint density at radius 2 is 1.71 bits per heavy atom. The Morgan fingerprint density at radius 3 is 2.62 bits per heavy atom. The molecule has 3 aromatic carbocycles. The standard InChI is InChI=1S/C22H21NO/c1-2-3-14-24-21-13-7-12-20-22(21)19(15-23-20)18-11-6-9-16-8-4-5-10-17(16)18/h4-13,15,23H,2-3,14H2,1H3. The lowest BCUT2D eigenvalue weighted by atomic mass is 9.97. The Bertz CT molecular complexity index is 978.